The molecule has 0 fully saturated rings. The van der Waals surface area contributed by atoms with Crippen LogP contribution < -0.4 is 5.14 Å². The highest BCUT2D eigenvalue weighted by Crippen LogP contribution is 2.25. The Morgan fingerprint density at radius 2 is 2.12 bits per heavy atom. The average Bonchev–Trinajstić information content (AvgIpc) is 2.96. The van der Waals surface area contributed by atoms with Gasteiger partial charge in [0.2, 0.25) is 10.0 Å². The molecule has 1 aromatic carbocycles. The fourth-order valence-corrected chi connectivity index (χ4v) is 3.41. The van der Waals surface area contributed by atoms with Crippen LogP contribution in [0.3, 0.4) is 0 Å². The molecule has 3 rings (SSSR count). The van der Waals surface area contributed by atoms with E-state index < -0.39 is 16.0 Å². The van der Waals surface area contributed by atoms with Crippen LogP contribution in [0.15, 0.2) is 35.5 Å². The van der Waals surface area contributed by atoms with Crippen molar-refractivity contribution in [3.8, 4) is 6.07 Å². The first-order valence-corrected chi connectivity index (χ1v) is 8.93. The van der Waals surface area contributed by atoms with E-state index in [0.29, 0.717) is 16.0 Å². The monoisotopic (exact) mass is 391 g/mol. The second-order valence-electron chi connectivity index (χ2n) is 5.37. The van der Waals surface area contributed by atoms with Gasteiger partial charge in [-0.3, -0.25) is 9.67 Å². The summed E-state index contributed by atoms with van der Waals surface area (Å²) in [6, 6.07) is 6.20. The number of hydrogen-bond acceptors (Lipinski definition) is 6. The molecule has 0 aliphatic rings. The van der Waals surface area contributed by atoms with Gasteiger partial charge in [0.25, 0.3) is 0 Å². The number of nitriles is 1. The van der Waals surface area contributed by atoms with Crippen LogP contribution in [0, 0.1) is 11.3 Å². The van der Waals surface area contributed by atoms with Gasteiger partial charge in [-0.15, -0.1) is 0 Å². The van der Waals surface area contributed by atoms with Crippen LogP contribution in [0.5, 0.6) is 0 Å². The maximum absolute atomic E-state index is 11.9. The summed E-state index contributed by atoms with van der Waals surface area (Å²) in [5, 5.41) is 28.0. The van der Waals surface area contributed by atoms with E-state index in [4.69, 9.17) is 27.1 Å². The highest BCUT2D eigenvalue weighted by molar-refractivity contribution is 7.89. The standard InChI is InChI=1S/C15H10ClN5O4S/c16-10-3-9-1-8(2-13(26(18,24)25)14(9)19-5-10)6-21-7-11(15(22)23)12(4-17)20-21/h1-3,5,7H,6H2,(H,22,23)(H2,18,24,25). The number of carboxylic acid groups (broad SMARTS) is 1. The predicted molar refractivity (Wildman–Crippen MR) is 91.1 cm³/mol. The third-order valence-electron chi connectivity index (χ3n) is 3.52. The number of sulfonamides is 1. The number of aromatic nitrogens is 3. The van der Waals surface area contributed by atoms with E-state index in [2.05, 4.69) is 10.1 Å². The van der Waals surface area contributed by atoms with E-state index in [0.717, 1.165) is 0 Å². The number of aromatic carboxylic acids is 1. The second kappa shape index (κ2) is 6.38. The molecule has 11 heteroatoms. The van der Waals surface area contributed by atoms with Crippen molar-refractivity contribution < 1.29 is 18.3 Å². The van der Waals surface area contributed by atoms with Gasteiger partial charge >= 0.3 is 5.97 Å². The van der Waals surface area contributed by atoms with E-state index in [-0.39, 0.29) is 28.2 Å². The number of pyridine rings is 1. The van der Waals surface area contributed by atoms with Gasteiger partial charge in [0, 0.05) is 17.8 Å². The number of hydrogen-bond donors (Lipinski definition) is 2. The van der Waals surface area contributed by atoms with Gasteiger partial charge in [0.1, 0.15) is 16.5 Å². The smallest absolute Gasteiger partial charge is 0.340 e. The number of nitrogens with two attached hydrogens (primary N) is 1. The van der Waals surface area contributed by atoms with Crippen molar-refractivity contribution in [2.45, 2.75) is 11.4 Å². The normalized spacial score (nSPS) is 11.4. The summed E-state index contributed by atoms with van der Waals surface area (Å²) in [5.41, 5.74) is 0.152. The van der Waals surface area contributed by atoms with Crippen LogP contribution in [0.25, 0.3) is 10.9 Å². The summed E-state index contributed by atoms with van der Waals surface area (Å²) in [6.07, 6.45) is 2.50. The van der Waals surface area contributed by atoms with Crippen LogP contribution in [0.2, 0.25) is 5.02 Å². The van der Waals surface area contributed by atoms with Gasteiger partial charge in [-0.1, -0.05) is 11.6 Å². The lowest BCUT2D eigenvalue weighted by Crippen LogP contribution is -2.14. The number of carbonyl (C=O) groups is 1. The first-order valence-electron chi connectivity index (χ1n) is 7.01. The minimum atomic E-state index is -4.06. The highest BCUT2D eigenvalue weighted by atomic mass is 35.5. The van der Waals surface area contributed by atoms with Gasteiger partial charge < -0.3 is 5.11 Å². The van der Waals surface area contributed by atoms with E-state index in [1.54, 1.807) is 12.1 Å². The largest absolute Gasteiger partial charge is 0.478 e. The molecule has 0 unspecified atom stereocenters. The molecule has 0 saturated carbocycles. The minimum Gasteiger partial charge on any atom is -0.478 e. The molecule has 0 aliphatic carbocycles. The molecule has 3 aromatic rings. The number of rotatable bonds is 4. The van der Waals surface area contributed by atoms with Crippen LogP contribution in [0.4, 0.5) is 0 Å². The Balaban J connectivity index is 2.14. The number of primary sulfonamides is 1. The number of fused-ring (bicyclic) bond motifs is 1. The molecule has 0 bridgehead atoms. The first-order chi connectivity index (χ1) is 12.2. The van der Waals surface area contributed by atoms with Crippen LogP contribution in [-0.4, -0.2) is 34.3 Å². The zero-order valence-corrected chi connectivity index (χ0v) is 14.5. The van der Waals surface area contributed by atoms with E-state index in [1.165, 1.54) is 29.2 Å². The Bertz CT molecular complexity index is 1200. The first kappa shape index (κ1) is 17.8. The summed E-state index contributed by atoms with van der Waals surface area (Å²) in [7, 11) is -4.06. The summed E-state index contributed by atoms with van der Waals surface area (Å²) in [4.78, 5) is 14.9. The zero-order valence-electron chi connectivity index (χ0n) is 12.9. The van der Waals surface area contributed by atoms with Crippen molar-refractivity contribution in [1.29, 1.82) is 5.26 Å². The number of halogens is 1. The maximum atomic E-state index is 11.9. The lowest BCUT2D eigenvalue weighted by atomic mass is 10.1. The van der Waals surface area contributed by atoms with Gasteiger partial charge in [-0.25, -0.2) is 18.4 Å². The van der Waals surface area contributed by atoms with E-state index in [9.17, 15) is 13.2 Å². The molecule has 2 heterocycles. The Morgan fingerprint density at radius 3 is 2.69 bits per heavy atom. The highest BCUT2D eigenvalue weighted by Gasteiger charge is 2.18. The van der Waals surface area contributed by atoms with Gasteiger partial charge in [-0.2, -0.15) is 10.4 Å². The lowest BCUT2D eigenvalue weighted by molar-refractivity contribution is 0.0696. The number of nitrogens with zero attached hydrogens (tertiary/aromatic N) is 4. The molecule has 3 N–H and O–H groups in total. The Labute approximate surface area is 152 Å². The summed E-state index contributed by atoms with van der Waals surface area (Å²) in [5.74, 6) is -1.28. The van der Waals surface area contributed by atoms with Crippen LogP contribution >= 0.6 is 11.6 Å². The lowest BCUT2D eigenvalue weighted by Gasteiger charge is -2.09. The third kappa shape index (κ3) is 3.36. The Kier molecular flexibility index (Phi) is 4.37. The van der Waals surface area contributed by atoms with Crippen molar-refractivity contribution in [3.63, 3.8) is 0 Å². The molecule has 0 saturated heterocycles. The molecule has 0 amide bonds. The molecule has 2 aromatic heterocycles. The number of carboxylic acids is 1. The van der Waals surface area contributed by atoms with Crippen molar-refractivity contribution >= 4 is 38.5 Å². The van der Waals surface area contributed by atoms with Gasteiger partial charge in [0.05, 0.1) is 17.1 Å². The molecular weight excluding hydrogens is 382 g/mol. The molecule has 0 atom stereocenters. The fraction of sp³-hybridized carbons (Fsp3) is 0.0667. The van der Waals surface area contributed by atoms with Crippen molar-refractivity contribution in [3.05, 3.63) is 52.4 Å². The predicted octanol–water partition coefficient (Wildman–Crippen LogP) is 1.35. The summed E-state index contributed by atoms with van der Waals surface area (Å²) in [6.45, 7) is 0.0208. The summed E-state index contributed by atoms with van der Waals surface area (Å²) >= 11 is 5.91. The summed E-state index contributed by atoms with van der Waals surface area (Å²) < 4.78 is 25.0. The van der Waals surface area contributed by atoms with E-state index in [1.807, 2.05) is 0 Å². The molecule has 0 radical (unpaired) electrons. The molecule has 132 valence electrons. The van der Waals surface area contributed by atoms with E-state index >= 15 is 0 Å². The fourth-order valence-electron chi connectivity index (χ4n) is 2.49. The van der Waals surface area contributed by atoms with Crippen molar-refractivity contribution in [1.82, 2.24) is 14.8 Å². The molecule has 0 spiro atoms. The molecule has 9 nitrogen and oxygen atoms in total. The quantitative estimate of drug-likeness (QED) is 0.680. The topological polar surface area (TPSA) is 152 Å². The van der Waals surface area contributed by atoms with Crippen molar-refractivity contribution in [2.24, 2.45) is 5.14 Å². The minimum absolute atomic E-state index is 0.0208. The third-order valence-corrected chi connectivity index (χ3v) is 4.65. The van der Waals surface area contributed by atoms with Gasteiger partial charge in [0.15, 0.2) is 5.69 Å². The van der Waals surface area contributed by atoms with Gasteiger partial charge in [-0.05, 0) is 23.8 Å². The second-order valence-corrected chi connectivity index (χ2v) is 7.34. The van der Waals surface area contributed by atoms with Crippen molar-refractivity contribution in [2.75, 3.05) is 0 Å². The molecular formula is C15H10ClN5O4S. The Morgan fingerprint density at radius 1 is 1.38 bits per heavy atom. The maximum Gasteiger partial charge on any atom is 0.340 e. The molecule has 0 aliphatic heterocycles. The Hall–Kier alpha value is -3.00. The van der Waals surface area contributed by atoms with Crippen LogP contribution in [0.1, 0.15) is 21.6 Å². The molecule has 26 heavy (non-hydrogen) atoms. The van der Waals surface area contributed by atoms with Crippen LogP contribution in [-0.2, 0) is 16.6 Å². The SMILES string of the molecule is N#Cc1nn(Cc2cc(S(N)(=O)=O)c3ncc(Cl)cc3c2)cc1C(=O)O. The zero-order chi connectivity index (χ0) is 19.1. The average molecular weight is 392 g/mol. The number of benzene rings is 1.